The molecule has 2 aromatic rings. The van der Waals surface area contributed by atoms with Crippen molar-refractivity contribution >= 4 is 16.7 Å². The lowest BCUT2D eigenvalue weighted by molar-refractivity contribution is -0.121. The van der Waals surface area contributed by atoms with Crippen LogP contribution in [0.5, 0.6) is 0 Å². The van der Waals surface area contributed by atoms with Crippen LogP contribution in [0.3, 0.4) is 0 Å². The maximum atomic E-state index is 12.5. The number of carbonyl (C=O) groups is 1. The molecule has 0 aliphatic heterocycles. The number of hydrogen-bond donors (Lipinski definition) is 1. The molecule has 128 valence electrons. The van der Waals surface area contributed by atoms with Crippen LogP contribution in [0.2, 0.25) is 0 Å². The Morgan fingerprint density at radius 3 is 2.25 bits per heavy atom. The van der Waals surface area contributed by atoms with Gasteiger partial charge >= 0.3 is 0 Å². The standard InChI is InChI=1S/C20H25NO2S/c1-14(2)20(18-8-6-5-7-15(18)3)21-19(22)13-16-9-11-17(12-10-16)24(4)23/h5-12,14,20H,13H2,1-4H3,(H,21,22)/t20-,24-/m1/s1. The van der Waals surface area contributed by atoms with E-state index >= 15 is 0 Å². The Morgan fingerprint density at radius 2 is 1.71 bits per heavy atom. The molecule has 0 heterocycles. The van der Waals surface area contributed by atoms with Crippen LogP contribution in [0.4, 0.5) is 0 Å². The van der Waals surface area contributed by atoms with E-state index in [-0.39, 0.29) is 11.9 Å². The highest BCUT2D eigenvalue weighted by molar-refractivity contribution is 7.84. The first-order valence-electron chi connectivity index (χ1n) is 8.15. The summed E-state index contributed by atoms with van der Waals surface area (Å²) in [6, 6.07) is 15.5. The summed E-state index contributed by atoms with van der Waals surface area (Å²) in [7, 11) is -0.993. The minimum atomic E-state index is -0.993. The van der Waals surface area contributed by atoms with Crippen molar-refractivity contribution in [2.45, 2.75) is 38.1 Å². The zero-order valence-corrected chi connectivity index (χ0v) is 15.5. The Morgan fingerprint density at radius 1 is 1.08 bits per heavy atom. The highest BCUT2D eigenvalue weighted by atomic mass is 32.2. The van der Waals surface area contributed by atoms with Gasteiger partial charge in [0.15, 0.2) is 0 Å². The van der Waals surface area contributed by atoms with E-state index in [2.05, 4.69) is 38.2 Å². The average Bonchev–Trinajstić information content (AvgIpc) is 2.53. The number of rotatable bonds is 6. The van der Waals surface area contributed by atoms with Gasteiger partial charge in [0.25, 0.3) is 0 Å². The first-order chi connectivity index (χ1) is 11.4. The van der Waals surface area contributed by atoms with Crippen LogP contribution in [0.15, 0.2) is 53.4 Å². The van der Waals surface area contributed by atoms with Crippen molar-refractivity contribution in [2.75, 3.05) is 6.26 Å². The second-order valence-corrected chi connectivity index (χ2v) is 7.80. The van der Waals surface area contributed by atoms with Crippen LogP contribution >= 0.6 is 0 Å². The molecule has 1 N–H and O–H groups in total. The summed E-state index contributed by atoms with van der Waals surface area (Å²) in [5.41, 5.74) is 3.28. The van der Waals surface area contributed by atoms with Crippen molar-refractivity contribution in [1.29, 1.82) is 0 Å². The molecule has 0 radical (unpaired) electrons. The normalized spacial score (nSPS) is 13.5. The number of hydrogen-bond acceptors (Lipinski definition) is 2. The third-order valence-corrected chi connectivity index (χ3v) is 5.06. The van der Waals surface area contributed by atoms with Gasteiger partial charge in [0.05, 0.1) is 12.5 Å². The molecule has 2 aromatic carbocycles. The number of aryl methyl sites for hydroxylation is 1. The third-order valence-electron chi connectivity index (χ3n) is 4.13. The summed E-state index contributed by atoms with van der Waals surface area (Å²) in [6.45, 7) is 6.30. The number of carbonyl (C=O) groups excluding carboxylic acids is 1. The summed E-state index contributed by atoms with van der Waals surface area (Å²) in [5, 5.41) is 3.16. The SMILES string of the molecule is Cc1ccccc1[C@H](NC(=O)Cc1ccc([S@@](C)=O)cc1)C(C)C. The summed E-state index contributed by atoms with van der Waals surface area (Å²) in [5.74, 6) is 0.308. The van der Waals surface area contributed by atoms with Crippen molar-refractivity contribution in [3.05, 3.63) is 65.2 Å². The van der Waals surface area contributed by atoms with Crippen molar-refractivity contribution in [3.63, 3.8) is 0 Å². The molecule has 0 fully saturated rings. The van der Waals surface area contributed by atoms with Crippen LogP contribution in [0.25, 0.3) is 0 Å². The van der Waals surface area contributed by atoms with Gasteiger partial charge in [-0.3, -0.25) is 9.00 Å². The maximum Gasteiger partial charge on any atom is 0.224 e. The van der Waals surface area contributed by atoms with Crippen molar-refractivity contribution < 1.29 is 9.00 Å². The molecule has 0 spiro atoms. The molecule has 1 amide bonds. The average molecular weight is 343 g/mol. The predicted octanol–water partition coefficient (Wildman–Crippen LogP) is 3.79. The molecular weight excluding hydrogens is 318 g/mol. The molecule has 4 heteroatoms. The monoisotopic (exact) mass is 343 g/mol. The zero-order chi connectivity index (χ0) is 17.7. The van der Waals surface area contributed by atoms with Crippen LogP contribution in [0, 0.1) is 12.8 Å². The van der Waals surface area contributed by atoms with E-state index in [4.69, 9.17) is 0 Å². The van der Waals surface area contributed by atoms with E-state index in [0.29, 0.717) is 12.3 Å². The Balaban J connectivity index is 2.08. The van der Waals surface area contributed by atoms with Gasteiger partial charge in [-0.25, -0.2) is 0 Å². The molecule has 0 aromatic heterocycles. The van der Waals surface area contributed by atoms with E-state index in [1.807, 2.05) is 36.4 Å². The molecule has 3 nitrogen and oxygen atoms in total. The second-order valence-electron chi connectivity index (χ2n) is 6.42. The van der Waals surface area contributed by atoms with E-state index in [9.17, 15) is 9.00 Å². The van der Waals surface area contributed by atoms with E-state index in [1.165, 1.54) is 5.56 Å². The highest BCUT2D eigenvalue weighted by Crippen LogP contribution is 2.24. The minimum Gasteiger partial charge on any atom is -0.349 e. The van der Waals surface area contributed by atoms with Crippen molar-refractivity contribution in [3.8, 4) is 0 Å². The lowest BCUT2D eigenvalue weighted by Gasteiger charge is -2.24. The number of benzene rings is 2. The Kier molecular flexibility index (Phi) is 6.32. The predicted molar refractivity (Wildman–Crippen MR) is 99.4 cm³/mol. The van der Waals surface area contributed by atoms with Gasteiger partial charge < -0.3 is 5.32 Å². The topological polar surface area (TPSA) is 46.2 Å². The molecule has 0 saturated carbocycles. The summed E-state index contributed by atoms with van der Waals surface area (Å²) in [4.78, 5) is 13.2. The van der Waals surface area contributed by atoms with Gasteiger partial charge in [-0.05, 0) is 41.7 Å². The lowest BCUT2D eigenvalue weighted by Crippen LogP contribution is -2.33. The largest absolute Gasteiger partial charge is 0.349 e. The van der Waals surface area contributed by atoms with Crippen LogP contribution in [0.1, 0.15) is 36.6 Å². The molecule has 0 aliphatic rings. The second kappa shape index (κ2) is 8.25. The number of nitrogens with one attached hydrogen (secondary N) is 1. The van der Waals surface area contributed by atoms with Crippen LogP contribution < -0.4 is 5.32 Å². The Hall–Kier alpha value is -1.94. The summed E-state index contributed by atoms with van der Waals surface area (Å²) in [6.07, 6.45) is 1.98. The molecule has 24 heavy (non-hydrogen) atoms. The summed E-state index contributed by atoms with van der Waals surface area (Å²) < 4.78 is 11.4. The van der Waals surface area contributed by atoms with E-state index in [0.717, 1.165) is 16.0 Å². The van der Waals surface area contributed by atoms with Gasteiger partial charge in [0.1, 0.15) is 0 Å². The molecular formula is C20H25NO2S. The van der Waals surface area contributed by atoms with E-state index in [1.54, 1.807) is 6.26 Å². The lowest BCUT2D eigenvalue weighted by atomic mass is 9.92. The molecule has 0 saturated heterocycles. The van der Waals surface area contributed by atoms with Gasteiger partial charge in [-0.2, -0.15) is 0 Å². The molecule has 0 bridgehead atoms. The fourth-order valence-electron chi connectivity index (χ4n) is 2.75. The van der Waals surface area contributed by atoms with Crippen molar-refractivity contribution in [1.82, 2.24) is 5.32 Å². The molecule has 0 unspecified atom stereocenters. The van der Waals surface area contributed by atoms with Gasteiger partial charge in [-0.15, -0.1) is 0 Å². The molecule has 2 rings (SSSR count). The van der Waals surface area contributed by atoms with Crippen molar-refractivity contribution in [2.24, 2.45) is 5.92 Å². The number of amides is 1. The highest BCUT2D eigenvalue weighted by Gasteiger charge is 2.19. The first kappa shape index (κ1) is 18.4. The van der Waals surface area contributed by atoms with Gasteiger partial charge in [0.2, 0.25) is 5.91 Å². The maximum absolute atomic E-state index is 12.5. The zero-order valence-electron chi connectivity index (χ0n) is 14.7. The summed E-state index contributed by atoms with van der Waals surface area (Å²) >= 11 is 0. The Bertz CT molecular complexity index is 723. The van der Waals surface area contributed by atoms with Crippen LogP contribution in [-0.4, -0.2) is 16.4 Å². The van der Waals surface area contributed by atoms with Crippen LogP contribution in [-0.2, 0) is 22.0 Å². The quantitative estimate of drug-likeness (QED) is 0.867. The van der Waals surface area contributed by atoms with E-state index < -0.39 is 10.8 Å². The van der Waals surface area contributed by atoms with Gasteiger partial charge in [0, 0.05) is 22.0 Å². The van der Waals surface area contributed by atoms with Gasteiger partial charge in [-0.1, -0.05) is 50.2 Å². The fraction of sp³-hybridized carbons (Fsp3) is 0.350. The first-order valence-corrected chi connectivity index (χ1v) is 9.71. The fourth-order valence-corrected chi connectivity index (χ4v) is 3.27. The Labute approximate surface area is 146 Å². The molecule has 2 atom stereocenters. The third kappa shape index (κ3) is 4.78. The minimum absolute atomic E-state index is 0.00104. The smallest absolute Gasteiger partial charge is 0.224 e. The molecule has 0 aliphatic carbocycles.